The highest BCUT2D eigenvalue weighted by Gasteiger charge is 1.99. The zero-order valence-electron chi connectivity index (χ0n) is 9.84. The smallest absolute Gasteiger partial charge is 0.316 e. The minimum absolute atomic E-state index is 0.187. The van der Waals surface area contributed by atoms with Gasteiger partial charge in [0.25, 0.3) is 0 Å². The lowest BCUT2D eigenvalue weighted by atomic mass is 10.1. The molecule has 0 radical (unpaired) electrons. The van der Waals surface area contributed by atoms with Gasteiger partial charge in [-0.1, -0.05) is 13.8 Å². The average Bonchev–Trinajstić information content (AvgIpc) is 2.17. The van der Waals surface area contributed by atoms with E-state index in [4.69, 9.17) is 9.47 Å². The van der Waals surface area contributed by atoms with Gasteiger partial charge in [-0.3, -0.25) is 0 Å². The van der Waals surface area contributed by atoms with Crippen LogP contribution in [0.2, 0.25) is 0 Å². The Bertz CT molecular complexity index is 163. The number of nitrogens with one attached hydrogen (secondary N) is 2. The first kappa shape index (κ1) is 14.2. The second-order valence-electron chi connectivity index (χ2n) is 3.66. The van der Waals surface area contributed by atoms with Crippen molar-refractivity contribution < 1.29 is 14.3 Å². The molecular weight excluding hydrogens is 196 g/mol. The van der Waals surface area contributed by atoms with Crippen LogP contribution in [0.15, 0.2) is 0 Å². The molecule has 0 bridgehead atoms. The molecular formula is C10H22N2O3. The zero-order chi connectivity index (χ0) is 11.5. The van der Waals surface area contributed by atoms with Gasteiger partial charge in [-0.05, 0) is 12.3 Å². The molecule has 5 heteroatoms. The third-order valence-electron chi connectivity index (χ3n) is 1.77. The summed E-state index contributed by atoms with van der Waals surface area (Å²) in [5.41, 5.74) is 0. The minimum atomic E-state index is -0.187. The van der Waals surface area contributed by atoms with Crippen LogP contribution in [0.4, 0.5) is 4.79 Å². The Morgan fingerprint density at radius 2 is 2.00 bits per heavy atom. The van der Waals surface area contributed by atoms with Crippen molar-refractivity contribution in [1.82, 2.24) is 10.6 Å². The van der Waals surface area contributed by atoms with Gasteiger partial charge in [-0.15, -0.1) is 0 Å². The fourth-order valence-electron chi connectivity index (χ4n) is 0.868. The average molecular weight is 218 g/mol. The van der Waals surface area contributed by atoms with Crippen molar-refractivity contribution in [3.05, 3.63) is 0 Å². The third-order valence-corrected chi connectivity index (χ3v) is 1.77. The molecule has 0 fully saturated rings. The number of rotatable bonds is 8. The molecule has 0 heterocycles. The molecule has 2 N–H and O–H groups in total. The van der Waals surface area contributed by atoms with Crippen LogP contribution in [0.25, 0.3) is 0 Å². The molecule has 0 saturated carbocycles. The highest BCUT2D eigenvalue weighted by molar-refractivity contribution is 5.73. The van der Waals surface area contributed by atoms with E-state index >= 15 is 0 Å². The van der Waals surface area contributed by atoms with Gasteiger partial charge in [0, 0.05) is 13.7 Å². The molecule has 0 rings (SSSR count). The van der Waals surface area contributed by atoms with Gasteiger partial charge >= 0.3 is 6.03 Å². The highest BCUT2D eigenvalue weighted by atomic mass is 16.5. The molecule has 0 aromatic heterocycles. The summed E-state index contributed by atoms with van der Waals surface area (Å²) >= 11 is 0. The van der Waals surface area contributed by atoms with Gasteiger partial charge in [-0.2, -0.15) is 0 Å². The number of ether oxygens (including phenoxy) is 2. The van der Waals surface area contributed by atoms with E-state index in [0.717, 1.165) is 6.42 Å². The van der Waals surface area contributed by atoms with E-state index in [0.29, 0.717) is 25.7 Å². The van der Waals surface area contributed by atoms with Crippen LogP contribution in [0.1, 0.15) is 20.3 Å². The number of urea groups is 1. The van der Waals surface area contributed by atoms with E-state index < -0.39 is 0 Å². The van der Waals surface area contributed by atoms with Gasteiger partial charge in [0.15, 0.2) is 0 Å². The van der Waals surface area contributed by atoms with E-state index in [1.807, 2.05) is 0 Å². The quantitative estimate of drug-likeness (QED) is 0.471. The van der Waals surface area contributed by atoms with Crippen LogP contribution < -0.4 is 10.6 Å². The number of hydrogen-bond acceptors (Lipinski definition) is 3. The van der Waals surface area contributed by atoms with Crippen molar-refractivity contribution in [2.75, 3.05) is 33.6 Å². The molecule has 2 amide bonds. The monoisotopic (exact) mass is 218 g/mol. The van der Waals surface area contributed by atoms with Gasteiger partial charge in [0.2, 0.25) is 0 Å². The normalized spacial score (nSPS) is 10.4. The zero-order valence-corrected chi connectivity index (χ0v) is 9.84. The molecule has 5 nitrogen and oxygen atoms in total. The number of carbonyl (C=O) groups is 1. The Labute approximate surface area is 91.5 Å². The van der Waals surface area contributed by atoms with E-state index in [1.54, 1.807) is 7.11 Å². The van der Waals surface area contributed by atoms with E-state index in [9.17, 15) is 4.79 Å². The number of carbonyl (C=O) groups excluding carboxylic acids is 1. The second kappa shape index (κ2) is 9.73. The maximum absolute atomic E-state index is 11.1. The highest BCUT2D eigenvalue weighted by Crippen LogP contribution is 1.95. The molecule has 0 spiro atoms. The van der Waals surface area contributed by atoms with E-state index in [-0.39, 0.29) is 12.8 Å². The molecule has 0 unspecified atom stereocenters. The summed E-state index contributed by atoms with van der Waals surface area (Å²) < 4.78 is 9.86. The molecule has 0 aliphatic rings. The van der Waals surface area contributed by atoms with E-state index in [2.05, 4.69) is 24.5 Å². The molecule has 0 aliphatic carbocycles. The van der Waals surface area contributed by atoms with Gasteiger partial charge < -0.3 is 20.1 Å². The van der Waals surface area contributed by atoms with Crippen LogP contribution in [-0.4, -0.2) is 39.6 Å². The van der Waals surface area contributed by atoms with E-state index in [1.165, 1.54) is 0 Å². The van der Waals surface area contributed by atoms with Crippen LogP contribution in [0, 0.1) is 5.92 Å². The van der Waals surface area contributed by atoms with Gasteiger partial charge in [0.05, 0.1) is 13.2 Å². The van der Waals surface area contributed by atoms with Crippen LogP contribution >= 0.6 is 0 Å². The Morgan fingerprint density at radius 1 is 1.27 bits per heavy atom. The second-order valence-corrected chi connectivity index (χ2v) is 3.66. The van der Waals surface area contributed by atoms with Crippen LogP contribution in [-0.2, 0) is 9.47 Å². The Balaban J connectivity index is 3.19. The topological polar surface area (TPSA) is 59.6 Å². The lowest BCUT2D eigenvalue weighted by Crippen LogP contribution is -2.37. The Hall–Kier alpha value is -0.810. The predicted octanol–water partition coefficient (Wildman–Crippen LogP) is 0.952. The SMILES string of the molecule is COCCOCNC(=O)NCCC(C)C. The molecule has 0 atom stereocenters. The number of amides is 2. The molecule has 90 valence electrons. The molecule has 15 heavy (non-hydrogen) atoms. The number of methoxy groups -OCH3 is 1. The molecule has 0 saturated heterocycles. The van der Waals surface area contributed by atoms with Crippen molar-refractivity contribution in [2.45, 2.75) is 20.3 Å². The molecule has 0 aromatic carbocycles. The van der Waals surface area contributed by atoms with Gasteiger partial charge in [-0.25, -0.2) is 4.79 Å². The largest absolute Gasteiger partial charge is 0.382 e. The summed E-state index contributed by atoms with van der Waals surface area (Å²) in [6.45, 7) is 6.18. The van der Waals surface area contributed by atoms with Gasteiger partial charge in [0.1, 0.15) is 6.73 Å². The fourth-order valence-corrected chi connectivity index (χ4v) is 0.868. The summed E-state index contributed by atoms with van der Waals surface area (Å²) in [5, 5.41) is 5.33. The predicted molar refractivity (Wildman–Crippen MR) is 58.7 cm³/mol. The lowest BCUT2D eigenvalue weighted by molar-refractivity contribution is 0.0642. The Morgan fingerprint density at radius 3 is 2.60 bits per heavy atom. The van der Waals surface area contributed by atoms with Crippen molar-refractivity contribution in [3.63, 3.8) is 0 Å². The first-order chi connectivity index (χ1) is 7.16. The summed E-state index contributed by atoms with van der Waals surface area (Å²) in [6, 6.07) is -0.187. The van der Waals surface area contributed by atoms with Crippen molar-refractivity contribution >= 4 is 6.03 Å². The van der Waals surface area contributed by atoms with Crippen molar-refractivity contribution in [3.8, 4) is 0 Å². The van der Waals surface area contributed by atoms with Crippen molar-refractivity contribution in [1.29, 1.82) is 0 Å². The Kier molecular flexibility index (Phi) is 9.21. The molecule has 0 aromatic rings. The first-order valence-corrected chi connectivity index (χ1v) is 5.25. The minimum Gasteiger partial charge on any atom is -0.382 e. The third kappa shape index (κ3) is 11.1. The summed E-state index contributed by atoms with van der Waals surface area (Å²) in [6.07, 6.45) is 0.984. The maximum Gasteiger partial charge on any atom is 0.316 e. The maximum atomic E-state index is 11.1. The lowest BCUT2D eigenvalue weighted by Gasteiger charge is -2.09. The summed E-state index contributed by atoms with van der Waals surface area (Å²) in [4.78, 5) is 11.1. The number of hydrogen-bond donors (Lipinski definition) is 2. The van der Waals surface area contributed by atoms with Crippen molar-refractivity contribution in [2.24, 2.45) is 5.92 Å². The standard InChI is InChI=1S/C10H22N2O3/c1-9(2)4-5-11-10(13)12-8-15-7-6-14-3/h9H,4-8H2,1-3H3,(H2,11,12,13). The first-order valence-electron chi connectivity index (χ1n) is 5.25. The van der Waals surface area contributed by atoms with Crippen LogP contribution in [0.5, 0.6) is 0 Å². The summed E-state index contributed by atoms with van der Waals surface area (Å²) in [5.74, 6) is 0.600. The van der Waals surface area contributed by atoms with Crippen LogP contribution in [0.3, 0.4) is 0 Å². The summed E-state index contributed by atoms with van der Waals surface area (Å²) in [7, 11) is 1.61. The fraction of sp³-hybridized carbons (Fsp3) is 0.900. The molecule has 0 aliphatic heterocycles.